The Morgan fingerprint density at radius 1 is 1.16 bits per heavy atom. The number of ether oxygens (including phenoxy) is 1. The van der Waals surface area contributed by atoms with Crippen LogP contribution in [0.25, 0.3) is 10.6 Å². The molecule has 31 heavy (non-hydrogen) atoms. The van der Waals surface area contributed by atoms with Crippen LogP contribution in [0.1, 0.15) is 18.4 Å². The number of likely N-dealkylation sites (tertiary alicyclic amines) is 1. The van der Waals surface area contributed by atoms with Crippen LogP contribution in [0.5, 0.6) is 0 Å². The van der Waals surface area contributed by atoms with Gasteiger partial charge in [-0.1, -0.05) is 69.7 Å². The van der Waals surface area contributed by atoms with E-state index in [1.165, 1.54) is 11.3 Å². The van der Waals surface area contributed by atoms with Crippen molar-refractivity contribution in [3.63, 3.8) is 0 Å². The molecular formula is C22H21BrN4O3S. The Morgan fingerprint density at radius 3 is 2.81 bits per heavy atom. The summed E-state index contributed by atoms with van der Waals surface area (Å²) in [4.78, 5) is 27.0. The van der Waals surface area contributed by atoms with E-state index in [-0.39, 0.29) is 18.4 Å². The fourth-order valence-electron chi connectivity index (χ4n) is 3.45. The van der Waals surface area contributed by atoms with Gasteiger partial charge in [-0.25, -0.2) is 0 Å². The minimum atomic E-state index is -0.522. The van der Waals surface area contributed by atoms with Crippen LogP contribution in [-0.4, -0.2) is 46.1 Å². The molecule has 3 aromatic rings. The molecule has 0 aliphatic carbocycles. The molecule has 160 valence electrons. The van der Waals surface area contributed by atoms with Crippen LogP contribution in [0.2, 0.25) is 0 Å². The monoisotopic (exact) mass is 500 g/mol. The van der Waals surface area contributed by atoms with E-state index in [1.54, 1.807) is 4.90 Å². The maximum atomic E-state index is 12.8. The van der Waals surface area contributed by atoms with Gasteiger partial charge in [-0.2, -0.15) is 0 Å². The highest BCUT2D eigenvalue weighted by Gasteiger charge is 2.34. The highest BCUT2D eigenvalue weighted by Crippen LogP contribution is 2.29. The first kappa shape index (κ1) is 21.6. The van der Waals surface area contributed by atoms with Crippen molar-refractivity contribution in [1.29, 1.82) is 0 Å². The zero-order valence-electron chi connectivity index (χ0n) is 16.7. The number of rotatable bonds is 7. The van der Waals surface area contributed by atoms with Crippen LogP contribution in [0.4, 0.5) is 5.13 Å². The molecule has 1 aliphatic heterocycles. The van der Waals surface area contributed by atoms with E-state index in [1.807, 2.05) is 54.6 Å². The molecule has 9 heteroatoms. The van der Waals surface area contributed by atoms with Crippen LogP contribution < -0.4 is 5.32 Å². The minimum absolute atomic E-state index is 0.0511. The number of anilines is 1. The fourth-order valence-corrected chi connectivity index (χ4v) is 4.59. The SMILES string of the molecule is O=C(Nc1nnc(-c2cccc(Br)c2)s1)C1CCCN1C(=O)COCc1ccccc1. The summed E-state index contributed by atoms with van der Waals surface area (Å²) in [5.41, 5.74) is 1.92. The molecule has 1 saturated heterocycles. The van der Waals surface area contributed by atoms with Crippen LogP contribution in [-0.2, 0) is 20.9 Å². The summed E-state index contributed by atoms with van der Waals surface area (Å²) < 4.78 is 6.50. The number of carbonyl (C=O) groups is 2. The minimum Gasteiger partial charge on any atom is -0.367 e. The van der Waals surface area contributed by atoms with Gasteiger partial charge < -0.3 is 9.64 Å². The predicted molar refractivity (Wildman–Crippen MR) is 123 cm³/mol. The summed E-state index contributed by atoms with van der Waals surface area (Å²) >= 11 is 4.74. The number of aromatic nitrogens is 2. The molecule has 1 atom stereocenters. The van der Waals surface area contributed by atoms with Crippen molar-refractivity contribution in [3.05, 3.63) is 64.6 Å². The summed E-state index contributed by atoms with van der Waals surface area (Å²) in [6, 6.07) is 16.9. The standard InChI is InChI=1S/C22H21BrN4O3S/c23-17-9-4-8-16(12-17)21-25-26-22(31-21)24-20(29)18-10-5-11-27(18)19(28)14-30-13-15-6-2-1-3-7-15/h1-4,6-9,12,18H,5,10-11,13-14H2,(H,24,26,29). The smallest absolute Gasteiger partial charge is 0.249 e. The molecule has 2 aromatic carbocycles. The third-order valence-corrected chi connectivity index (χ3v) is 6.32. The van der Waals surface area contributed by atoms with E-state index in [0.29, 0.717) is 29.7 Å². The third kappa shape index (κ3) is 5.55. The fraction of sp³-hybridized carbons (Fsp3) is 0.273. The lowest BCUT2D eigenvalue weighted by molar-refractivity contribution is -0.140. The van der Waals surface area contributed by atoms with Crippen molar-refractivity contribution >= 4 is 44.2 Å². The van der Waals surface area contributed by atoms with E-state index < -0.39 is 6.04 Å². The first-order valence-electron chi connectivity index (χ1n) is 9.91. The largest absolute Gasteiger partial charge is 0.367 e. The molecule has 2 heterocycles. The zero-order chi connectivity index (χ0) is 21.6. The molecule has 0 radical (unpaired) electrons. The Kier molecular flexibility index (Phi) is 7.06. The highest BCUT2D eigenvalue weighted by molar-refractivity contribution is 9.10. The predicted octanol–water partition coefficient (Wildman–Crippen LogP) is 4.11. The van der Waals surface area contributed by atoms with Crippen LogP contribution in [0, 0.1) is 0 Å². The average Bonchev–Trinajstić information content (AvgIpc) is 3.44. The van der Waals surface area contributed by atoms with E-state index in [9.17, 15) is 9.59 Å². The van der Waals surface area contributed by atoms with Gasteiger partial charge in [0.15, 0.2) is 0 Å². The van der Waals surface area contributed by atoms with Crippen molar-refractivity contribution in [2.24, 2.45) is 0 Å². The average molecular weight is 501 g/mol. The van der Waals surface area contributed by atoms with Gasteiger partial charge in [-0.05, 0) is 30.5 Å². The van der Waals surface area contributed by atoms with Crippen molar-refractivity contribution in [2.45, 2.75) is 25.5 Å². The topological polar surface area (TPSA) is 84.4 Å². The molecule has 2 amide bonds. The number of benzene rings is 2. The number of amides is 2. The van der Waals surface area contributed by atoms with Gasteiger partial charge in [-0.3, -0.25) is 14.9 Å². The van der Waals surface area contributed by atoms with Gasteiger partial charge in [0.05, 0.1) is 6.61 Å². The number of nitrogens with one attached hydrogen (secondary N) is 1. The first-order valence-corrected chi connectivity index (χ1v) is 11.5. The van der Waals surface area contributed by atoms with Gasteiger partial charge in [-0.15, -0.1) is 10.2 Å². The maximum absolute atomic E-state index is 12.8. The Morgan fingerprint density at radius 2 is 2.00 bits per heavy atom. The van der Waals surface area contributed by atoms with Crippen molar-refractivity contribution in [1.82, 2.24) is 15.1 Å². The van der Waals surface area contributed by atoms with Crippen LogP contribution in [0.3, 0.4) is 0 Å². The van der Waals surface area contributed by atoms with Gasteiger partial charge in [0, 0.05) is 16.6 Å². The quantitative estimate of drug-likeness (QED) is 0.527. The maximum Gasteiger partial charge on any atom is 0.249 e. The molecular weight excluding hydrogens is 480 g/mol. The molecule has 0 bridgehead atoms. The molecule has 1 N–H and O–H groups in total. The second-order valence-corrected chi connectivity index (χ2v) is 9.03. The lowest BCUT2D eigenvalue weighted by Gasteiger charge is -2.23. The van der Waals surface area contributed by atoms with Crippen LogP contribution >= 0.6 is 27.3 Å². The Bertz CT molecular complexity index is 1060. The zero-order valence-corrected chi connectivity index (χ0v) is 19.1. The number of halogens is 1. The van der Waals surface area contributed by atoms with Gasteiger partial charge in [0.2, 0.25) is 16.9 Å². The summed E-state index contributed by atoms with van der Waals surface area (Å²) in [5, 5.41) is 12.2. The van der Waals surface area contributed by atoms with Gasteiger partial charge >= 0.3 is 0 Å². The van der Waals surface area contributed by atoms with Crippen LogP contribution in [0.15, 0.2) is 59.1 Å². The summed E-state index contributed by atoms with van der Waals surface area (Å²) in [6.45, 7) is 0.857. The Hall–Kier alpha value is -2.62. The Balaban J connectivity index is 1.33. The number of carbonyl (C=O) groups excluding carboxylic acids is 2. The normalized spacial score (nSPS) is 15.8. The summed E-state index contributed by atoms with van der Waals surface area (Å²) in [6.07, 6.45) is 1.40. The molecule has 1 aliphatic rings. The Labute approximate surface area is 192 Å². The van der Waals surface area contributed by atoms with E-state index in [0.717, 1.165) is 22.0 Å². The molecule has 1 aromatic heterocycles. The number of hydrogen-bond acceptors (Lipinski definition) is 6. The molecule has 4 rings (SSSR count). The highest BCUT2D eigenvalue weighted by atomic mass is 79.9. The molecule has 1 fully saturated rings. The van der Waals surface area contributed by atoms with Crippen molar-refractivity contribution in [3.8, 4) is 10.6 Å². The molecule has 7 nitrogen and oxygen atoms in total. The second kappa shape index (κ2) is 10.1. The van der Waals surface area contributed by atoms with Gasteiger partial charge in [0.25, 0.3) is 0 Å². The second-order valence-electron chi connectivity index (χ2n) is 7.14. The van der Waals surface area contributed by atoms with Crippen molar-refractivity contribution in [2.75, 3.05) is 18.5 Å². The van der Waals surface area contributed by atoms with E-state index in [4.69, 9.17) is 4.74 Å². The lowest BCUT2D eigenvalue weighted by atomic mass is 10.2. The van der Waals surface area contributed by atoms with E-state index >= 15 is 0 Å². The summed E-state index contributed by atoms with van der Waals surface area (Å²) in [7, 11) is 0. The number of hydrogen-bond donors (Lipinski definition) is 1. The number of nitrogens with zero attached hydrogens (tertiary/aromatic N) is 3. The van der Waals surface area contributed by atoms with Gasteiger partial charge in [0.1, 0.15) is 17.7 Å². The third-order valence-electron chi connectivity index (χ3n) is 4.94. The first-order chi connectivity index (χ1) is 15.1. The molecule has 0 spiro atoms. The van der Waals surface area contributed by atoms with Crippen molar-refractivity contribution < 1.29 is 14.3 Å². The lowest BCUT2D eigenvalue weighted by Crippen LogP contribution is -2.44. The molecule has 1 unspecified atom stereocenters. The summed E-state index contributed by atoms with van der Waals surface area (Å²) in [5.74, 6) is -0.425. The molecule has 0 saturated carbocycles. The van der Waals surface area contributed by atoms with E-state index in [2.05, 4.69) is 31.4 Å².